The Morgan fingerprint density at radius 3 is 3.06 bits per heavy atom. The summed E-state index contributed by atoms with van der Waals surface area (Å²) in [5, 5.41) is 9.68. The van der Waals surface area contributed by atoms with Crippen LogP contribution in [0.4, 0.5) is 0 Å². The fraction of sp³-hybridized carbons (Fsp3) is 0.154. The van der Waals surface area contributed by atoms with Gasteiger partial charge in [-0.15, -0.1) is 0 Å². The average Bonchev–Trinajstić information content (AvgIpc) is 2.37. The molecule has 0 unspecified atom stereocenters. The number of ether oxygens (including phenoxy) is 1. The summed E-state index contributed by atoms with van der Waals surface area (Å²) in [7, 11) is 0. The Kier molecular flexibility index (Phi) is 3.01. The molecule has 0 radical (unpaired) electrons. The van der Waals surface area contributed by atoms with Gasteiger partial charge in [-0.2, -0.15) is 5.26 Å². The monoisotopic (exact) mass is 226 g/mol. The SMILES string of the molecule is CCOC(=O)c1cnc2c(C#N)cccc2c1. The quantitative estimate of drug-likeness (QED) is 0.737. The van der Waals surface area contributed by atoms with Gasteiger partial charge in [0, 0.05) is 11.6 Å². The second kappa shape index (κ2) is 4.62. The van der Waals surface area contributed by atoms with Crippen LogP contribution in [0.5, 0.6) is 0 Å². The van der Waals surface area contributed by atoms with Crippen molar-refractivity contribution in [2.45, 2.75) is 6.92 Å². The van der Waals surface area contributed by atoms with Crippen molar-refractivity contribution in [3.8, 4) is 6.07 Å². The van der Waals surface area contributed by atoms with Gasteiger partial charge in [-0.1, -0.05) is 12.1 Å². The predicted octanol–water partition coefficient (Wildman–Crippen LogP) is 2.28. The lowest BCUT2D eigenvalue weighted by molar-refractivity contribution is 0.0526. The molecule has 1 aromatic carbocycles. The first-order chi connectivity index (χ1) is 8.26. The molecule has 0 fully saturated rings. The second-order valence-corrected chi connectivity index (χ2v) is 3.43. The van der Waals surface area contributed by atoms with E-state index in [1.807, 2.05) is 6.07 Å². The van der Waals surface area contributed by atoms with E-state index in [4.69, 9.17) is 10.00 Å². The molecule has 2 rings (SSSR count). The fourth-order valence-corrected chi connectivity index (χ4v) is 1.58. The molecule has 4 heteroatoms. The van der Waals surface area contributed by atoms with Crippen LogP contribution in [0.25, 0.3) is 10.9 Å². The molecule has 0 aliphatic heterocycles. The largest absolute Gasteiger partial charge is 0.462 e. The van der Waals surface area contributed by atoms with E-state index in [1.165, 1.54) is 6.20 Å². The Morgan fingerprint density at radius 1 is 1.53 bits per heavy atom. The highest BCUT2D eigenvalue weighted by Gasteiger charge is 2.09. The predicted molar refractivity (Wildman–Crippen MR) is 62.4 cm³/mol. The molecule has 1 aromatic heterocycles. The number of aromatic nitrogens is 1. The third-order valence-electron chi connectivity index (χ3n) is 2.34. The number of pyridine rings is 1. The summed E-state index contributed by atoms with van der Waals surface area (Å²) >= 11 is 0. The molecule has 1 heterocycles. The van der Waals surface area contributed by atoms with Crippen molar-refractivity contribution in [3.63, 3.8) is 0 Å². The van der Waals surface area contributed by atoms with Gasteiger partial charge in [0.1, 0.15) is 6.07 Å². The molecule has 0 aliphatic rings. The highest BCUT2D eigenvalue weighted by molar-refractivity contribution is 5.94. The van der Waals surface area contributed by atoms with E-state index in [0.717, 1.165) is 5.39 Å². The number of carbonyl (C=O) groups is 1. The average molecular weight is 226 g/mol. The van der Waals surface area contributed by atoms with Crippen molar-refractivity contribution in [1.29, 1.82) is 5.26 Å². The maximum absolute atomic E-state index is 11.5. The van der Waals surface area contributed by atoms with Gasteiger partial charge in [0.05, 0.1) is 23.3 Å². The lowest BCUT2D eigenvalue weighted by Gasteiger charge is -2.03. The molecule has 0 aliphatic carbocycles. The van der Waals surface area contributed by atoms with Crippen molar-refractivity contribution >= 4 is 16.9 Å². The summed E-state index contributed by atoms with van der Waals surface area (Å²) in [6.45, 7) is 2.08. The Hall–Kier alpha value is -2.41. The molecule has 0 saturated heterocycles. The number of benzene rings is 1. The Morgan fingerprint density at radius 2 is 2.35 bits per heavy atom. The molecule has 0 bridgehead atoms. The van der Waals surface area contributed by atoms with Gasteiger partial charge >= 0.3 is 5.97 Å². The molecule has 0 amide bonds. The van der Waals surface area contributed by atoms with Gasteiger partial charge in [-0.3, -0.25) is 4.98 Å². The van der Waals surface area contributed by atoms with E-state index in [0.29, 0.717) is 23.3 Å². The third-order valence-corrected chi connectivity index (χ3v) is 2.34. The first-order valence-electron chi connectivity index (χ1n) is 5.22. The van der Waals surface area contributed by atoms with Crippen LogP contribution in [-0.4, -0.2) is 17.6 Å². The zero-order valence-electron chi connectivity index (χ0n) is 9.30. The summed E-state index contributed by atoms with van der Waals surface area (Å²) in [6.07, 6.45) is 1.43. The molecule has 84 valence electrons. The molecule has 2 aromatic rings. The van der Waals surface area contributed by atoms with E-state index < -0.39 is 5.97 Å². The third kappa shape index (κ3) is 2.08. The number of nitrogens with zero attached hydrogens (tertiary/aromatic N) is 2. The van der Waals surface area contributed by atoms with Gasteiger partial charge in [0.2, 0.25) is 0 Å². The van der Waals surface area contributed by atoms with E-state index >= 15 is 0 Å². The van der Waals surface area contributed by atoms with E-state index in [9.17, 15) is 4.79 Å². The zero-order valence-corrected chi connectivity index (χ0v) is 9.30. The number of carbonyl (C=O) groups excluding carboxylic acids is 1. The number of hydrogen-bond acceptors (Lipinski definition) is 4. The summed E-state index contributed by atoms with van der Waals surface area (Å²) in [6, 6.07) is 9.01. The minimum absolute atomic E-state index is 0.328. The molecule has 17 heavy (non-hydrogen) atoms. The van der Waals surface area contributed by atoms with Crippen LogP contribution in [0.15, 0.2) is 30.5 Å². The number of esters is 1. The standard InChI is InChI=1S/C13H10N2O2/c1-2-17-13(16)11-6-9-4-3-5-10(7-14)12(9)15-8-11/h3-6,8H,2H2,1H3. The normalized spacial score (nSPS) is 9.88. The van der Waals surface area contributed by atoms with Crippen LogP contribution in [-0.2, 0) is 4.74 Å². The number of hydrogen-bond donors (Lipinski definition) is 0. The van der Waals surface area contributed by atoms with Gasteiger partial charge in [0.25, 0.3) is 0 Å². The maximum Gasteiger partial charge on any atom is 0.339 e. The molecule has 0 saturated carbocycles. The maximum atomic E-state index is 11.5. The summed E-state index contributed by atoms with van der Waals surface area (Å²) in [4.78, 5) is 15.6. The highest BCUT2D eigenvalue weighted by atomic mass is 16.5. The molecular weight excluding hydrogens is 216 g/mol. The summed E-state index contributed by atoms with van der Waals surface area (Å²) < 4.78 is 4.89. The van der Waals surface area contributed by atoms with Crippen molar-refractivity contribution < 1.29 is 9.53 Å². The van der Waals surface area contributed by atoms with Crippen LogP contribution < -0.4 is 0 Å². The van der Waals surface area contributed by atoms with Crippen molar-refractivity contribution in [3.05, 3.63) is 41.6 Å². The minimum Gasteiger partial charge on any atom is -0.462 e. The Bertz CT molecular complexity index is 614. The first kappa shape index (κ1) is 11.1. The molecule has 4 nitrogen and oxygen atoms in total. The molecule has 0 spiro atoms. The topological polar surface area (TPSA) is 63.0 Å². The Balaban J connectivity index is 2.53. The fourth-order valence-electron chi connectivity index (χ4n) is 1.58. The smallest absolute Gasteiger partial charge is 0.339 e. The first-order valence-corrected chi connectivity index (χ1v) is 5.22. The van der Waals surface area contributed by atoms with Crippen LogP contribution in [0.3, 0.4) is 0 Å². The van der Waals surface area contributed by atoms with E-state index in [1.54, 1.807) is 25.1 Å². The lowest BCUT2D eigenvalue weighted by Crippen LogP contribution is -2.05. The number of para-hydroxylation sites is 1. The molecule has 0 N–H and O–H groups in total. The van der Waals surface area contributed by atoms with Crippen molar-refractivity contribution in [2.75, 3.05) is 6.61 Å². The number of fused-ring (bicyclic) bond motifs is 1. The van der Waals surface area contributed by atoms with Gasteiger partial charge in [0.15, 0.2) is 0 Å². The van der Waals surface area contributed by atoms with Gasteiger partial charge in [-0.05, 0) is 19.1 Å². The summed E-state index contributed by atoms with van der Waals surface area (Å²) in [5.74, 6) is -0.399. The summed E-state index contributed by atoms with van der Waals surface area (Å²) in [5.41, 5.74) is 1.50. The van der Waals surface area contributed by atoms with Gasteiger partial charge in [-0.25, -0.2) is 4.79 Å². The van der Waals surface area contributed by atoms with Crippen molar-refractivity contribution in [2.24, 2.45) is 0 Å². The second-order valence-electron chi connectivity index (χ2n) is 3.43. The lowest BCUT2D eigenvalue weighted by atomic mass is 10.1. The number of rotatable bonds is 2. The van der Waals surface area contributed by atoms with Crippen LogP contribution >= 0.6 is 0 Å². The molecular formula is C13H10N2O2. The van der Waals surface area contributed by atoms with Crippen LogP contribution in [0.2, 0.25) is 0 Å². The zero-order chi connectivity index (χ0) is 12.3. The van der Waals surface area contributed by atoms with Gasteiger partial charge < -0.3 is 4.74 Å². The Labute approximate surface area is 98.5 Å². The van der Waals surface area contributed by atoms with E-state index in [-0.39, 0.29) is 0 Å². The van der Waals surface area contributed by atoms with Crippen molar-refractivity contribution in [1.82, 2.24) is 4.98 Å². The van der Waals surface area contributed by atoms with Crippen LogP contribution in [0.1, 0.15) is 22.8 Å². The highest BCUT2D eigenvalue weighted by Crippen LogP contribution is 2.17. The number of nitriles is 1. The van der Waals surface area contributed by atoms with Crippen LogP contribution in [0, 0.1) is 11.3 Å². The minimum atomic E-state index is -0.399. The molecule has 0 atom stereocenters. The van der Waals surface area contributed by atoms with E-state index in [2.05, 4.69) is 11.1 Å².